The van der Waals surface area contributed by atoms with Gasteiger partial charge in [-0.3, -0.25) is 4.98 Å². The summed E-state index contributed by atoms with van der Waals surface area (Å²) in [5.41, 5.74) is 9.71. The average Bonchev–Trinajstić information content (AvgIpc) is 2.74. The highest BCUT2D eigenvalue weighted by atomic mass is 15.3. The molecule has 0 aliphatic carbocycles. The Morgan fingerprint density at radius 2 is 2.06 bits per heavy atom. The zero-order valence-corrected chi connectivity index (χ0v) is 9.46. The van der Waals surface area contributed by atoms with Gasteiger partial charge in [0.1, 0.15) is 0 Å². The molecule has 4 nitrogen and oxygen atoms in total. The fourth-order valence-electron chi connectivity index (χ4n) is 1.93. The summed E-state index contributed by atoms with van der Waals surface area (Å²) in [7, 11) is 0. The van der Waals surface area contributed by atoms with Crippen LogP contribution in [0.3, 0.4) is 0 Å². The van der Waals surface area contributed by atoms with Crippen LogP contribution in [0, 0.1) is 6.92 Å². The molecule has 0 saturated heterocycles. The Balaban J connectivity index is 2.28. The molecule has 2 heterocycles. The van der Waals surface area contributed by atoms with Crippen LogP contribution in [0.5, 0.6) is 0 Å². The molecule has 0 bridgehead atoms. The fourth-order valence-corrected chi connectivity index (χ4v) is 1.93. The first kappa shape index (κ1) is 9.84. The first-order valence-electron chi connectivity index (χ1n) is 5.40. The molecule has 0 aliphatic heterocycles. The number of fused-ring (bicyclic) bond motifs is 1. The molecule has 84 valence electrons. The molecule has 0 unspecified atom stereocenters. The van der Waals surface area contributed by atoms with Crippen LogP contribution < -0.4 is 5.73 Å². The van der Waals surface area contributed by atoms with Crippen LogP contribution in [-0.4, -0.2) is 14.8 Å². The van der Waals surface area contributed by atoms with Crippen molar-refractivity contribution in [2.45, 2.75) is 6.92 Å². The Labute approximate surface area is 98.7 Å². The fraction of sp³-hybridized carbons (Fsp3) is 0.0769. The van der Waals surface area contributed by atoms with Crippen LogP contribution in [0.15, 0.2) is 42.9 Å². The number of anilines is 1. The van der Waals surface area contributed by atoms with E-state index in [1.807, 2.05) is 42.1 Å². The molecule has 3 rings (SSSR count). The van der Waals surface area contributed by atoms with Gasteiger partial charge in [0.2, 0.25) is 0 Å². The van der Waals surface area contributed by atoms with Crippen LogP contribution in [0.4, 0.5) is 5.69 Å². The molecule has 2 aromatic heterocycles. The van der Waals surface area contributed by atoms with Crippen LogP contribution in [-0.2, 0) is 0 Å². The maximum absolute atomic E-state index is 5.91. The number of hydrogen-bond acceptors (Lipinski definition) is 3. The molecule has 2 N–H and O–H groups in total. The van der Waals surface area contributed by atoms with E-state index in [0.717, 1.165) is 27.8 Å². The minimum absolute atomic E-state index is 0.745. The maximum atomic E-state index is 5.91. The van der Waals surface area contributed by atoms with E-state index in [2.05, 4.69) is 10.1 Å². The monoisotopic (exact) mass is 224 g/mol. The molecule has 0 saturated carbocycles. The zero-order valence-electron chi connectivity index (χ0n) is 9.46. The second-order valence-corrected chi connectivity index (χ2v) is 4.06. The van der Waals surface area contributed by atoms with E-state index in [1.54, 1.807) is 12.4 Å². The Morgan fingerprint density at radius 3 is 2.88 bits per heavy atom. The van der Waals surface area contributed by atoms with Crippen LogP contribution in [0.25, 0.3) is 16.6 Å². The van der Waals surface area contributed by atoms with Gasteiger partial charge in [-0.25, -0.2) is 4.68 Å². The van der Waals surface area contributed by atoms with E-state index in [9.17, 15) is 0 Å². The van der Waals surface area contributed by atoms with Gasteiger partial charge in [-0.2, -0.15) is 5.10 Å². The highest BCUT2D eigenvalue weighted by Crippen LogP contribution is 2.22. The van der Waals surface area contributed by atoms with E-state index in [0.29, 0.717) is 0 Å². The number of nitrogens with two attached hydrogens (primary N) is 1. The predicted octanol–water partition coefficient (Wildman–Crippen LogP) is 2.31. The number of aromatic nitrogens is 3. The van der Waals surface area contributed by atoms with Gasteiger partial charge in [-0.1, -0.05) is 6.07 Å². The molecule has 4 heteroatoms. The summed E-state index contributed by atoms with van der Waals surface area (Å²) in [5, 5.41) is 5.33. The molecule has 0 spiro atoms. The van der Waals surface area contributed by atoms with Crippen molar-refractivity contribution in [2.75, 3.05) is 5.73 Å². The number of benzene rings is 1. The second-order valence-electron chi connectivity index (χ2n) is 4.06. The maximum Gasteiger partial charge on any atom is 0.0838 e. The zero-order chi connectivity index (χ0) is 11.8. The first-order valence-corrected chi connectivity index (χ1v) is 5.40. The lowest BCUT2D eigenvalue weighted by atomic mass is 10.2. The number of nitrogen functional groups attached to an aromatic ring is 1. The molecule has 0 atom stereocenters. The van der Waals surface area contributed by atoms with Crippen molar-refractivity contribution >= 4 is 16.6 Å². The Morgan fingerprint density at radius 1 is 1.18 bits per heavy atom. The molecule has 0 radical (unpaired) electrons. The average molecular weight is 224 g/mol. The third-order valence-corrected chi connectivity index (χ3v) is 2.75. The van der Waals surface area contributed by atoms with E-state index in [-0.39, 0.29) is 0 Å². The van der Waals surface area contributed by atoms with Crippen molar-refractivity contribution in [3.8, 4) is 5.69 Å². The van der Waals surface area contributed by atoms with Gasteiger partial charge in [0, 0.05) is 17.3 Å². The lowest BCUT2D eigenvalue weighted by Gasteiger charge is -2.04. The van der Waals surface area contributed by atoms with Gasteiger partial charge in [0.05, 0.1) is 23.6 Å². The normalized spacial score (nSPS) is 10.9. The molecule has 17 heavy (non-hydrogen) atoms. The largest absolute Gasteiger partial charge is 0.398 e. The first-order chi connectivity index (χ1) is 8.25. The van der Waals surface area contributed by atoms with Gasteiger partial charge in [0.15, 0.2) is 0 Å². The second kappa shape index (κ2) is 3.59. The van der Waals surface area contributed by atoms with Gasteiger partial charge in [-0.15, -0.1) is 0 Å². The molecule has 3 aromatic rings. The molecule has 0 aliphatic rings. The van der Waals surface area contributed by atoms with E-state index >= 15 is 0 Å². The topological polar surface area (TPSA) is 56.7 Å². The van der Waals surface area contributed by atoms with Gasteiger partial charge in [0.25, 0.3) is 0 Å². The van der Waals surface area contributed by atoms with Crippen molar-refractivity contribution in [1.29, 1.82) is 0 Å². The molecule has 0 fully saturated rings. The van der Waals surface area contributed by atoms with Crippen molar-refractivity contribution in [1.82, 2.24) is 14.8 Å². The summed E-state index contributed by atoms with van der Waals surface area (Å²) < 4.78 is 1.85. The highest BCUT2D eigenvalue weighted by Gasteiger charge is 2.06. The van der Waals surface area contributed by atoms with Crippen molar-refractivity contribution in [2.24, 2.45) is 0 Å². The lowest BCUT2D eigenvalue weighted by molar-refractivity contribution is 0.901. The number of aryl methyl sites for hydroxylation is 1. The summed E-state index contributed by atoms with van der Waals surface area (Å²) in [6, 6.07) is 7.85. The van der Waals surface area contributed by atoms with Gasteiger partial charge in [-0.05, 0) is 30.7 Å². The summed E-state index contributed by atoms with van der Waals surface area (Å²) in [5.74, 6) is 0. The quantitative estimate of drug-likeness (QED) is 0.645. The highest BCUT2D eigenvalue weighted by molar-refractivity contribution is 5.91. The van der Waals surface area contributed by atoms with E-state index < -0.39 is 0 Å². The third-order valence-electron chi connectivity index (χ3n) is 2.75. The van der Waals surface area contributed by atoms with E-state index in [1.165, 1.54) is 0 Å². The van der Waals surface area contributed by atoms with Crippen LogP contribution >= 0.6 is 0 Å². The summed E-state index contributed by atoms with van der Waals surface area (Å²) in [4.78, 5) is 4.18. The predicted molar refractivity (Wildman–Crippen MR) is 68.0 cm³/mol. The number of pyridine rings is 1. The smallest absolute Gasteiger partial charge is 0.0838 e. The van der Waals surface area contributed by atoms with Gasteiger partial charge >= 0.3 is 0 Å². The summed E-state index contributed by atoms with van der Waals surface area (Å²) in [6.07, 6.45) is 5.40. The molecule has 1 aromatic carbocycles. The lowest BCUT2D eigenvalue weighted by Crippen LogP contribution is -1.97. The van der Waals surface area contributed by atoms with Crippen molar-refractivity contribution < 1.29 is 0 Å². The summed E-state index contributed by atoms with van der Waals surface area (Å²) in [6.45, 7) is 2.01. The third kappa shape index (κ3) is 1.54. The Bertz CT molecular complexity index is 685. The van der Waals surface area contributed by atoms with Crippen LogP contribution in [0.2, 0.25) is 0 Å². The van der Waals surface area contributed by atoms with Gasteiger partial charge < -0.3 is 5.73 Å². The van der Waals surface area contributed by atoms with Crippen molar-refractivity contribution in [3.63, 3.8) is 0 Å². The number of rotatable bonds is 1. The Hall–Kier alpha value is -2.36. The number of hydrogen-bond donors (Lipinski definition) is 1. The molecular formula is C13H12N4. The van der Waals surface area contributed by atoms with Crippen molar-refractivity contribution in [3.05, 3.63) is 48.4 Å². The Kier molecular flexibility index (Phi) is 2.08. The van der Waals surface area contributed by atoms with E-state index in [4.69, 9.17) is 5.73 Å². The minimum atomic E-state index is 0.745. The minimum Gasteiger partial charge on any atom is -0.398 e. The van der Waals surface area contributed by atoms with Crippen LogP contribution in [0.1, 0.15) is 5.56 Å². The number of nitrogens with zero attached hydrogens (tertiary/aromatic N) is 3. The summed E-state index contributed by atoms with van der Waals surface area (Å²) >= 11 is 0. The molecular weight excluding hydrogens is 212 g/mol. The SMILES string of the molecule is Cc1cncc(-n2ncc3c(N)cccc32)c1. The standard InChI is InChI=1S/C13H12N4/c1-9-5-10(7-15-6-9)17-13-4-2-3-12(14)11(13)8-16-17/h2-8H,14H2,1H3. The molecule has 0 amide bonds.